The lowest BCUT2D eigenvalue weighted by Gasteiger charge is -2.07. The van der Waals surface area contributed by atoms with E-state index in [1.54, 1.807) is 18.3 Å². The van der Waals surface area contributed by atoms with Crippen LogP contribution in [0.15, 0.2) is 18.3 Å². The molecule has 6 nitrogen and oxygen atoms in total. The fraction of sp³-hybridized carbons (Fsp3) is 0.200. The highest BCUT2D eigenvalue weighted by Crippen LogP contribution is 2.30. The Morgan fingerprint density at radius 2 is 2.18 bits per heavy atom. The van der Waals surface area contributed by atoms with Crippen molar-refractivity contribution in [1.82, 2.24) is 9.94 Å². The summed E-state index contributed by atoms with van der Waals surface area (Å²) in [5, 5.41) is 4.71. The average Bonchev–Trinajstić information content (AvgIpc) is 2.61. The quantitative estimate of drug-likeness (QED) is 0.813. The summed E-state index contributed by atoms with van der Waals surface area (Å²) in [4.78, 5) is 16.9. The summed E-state index contributed by atoms with van der Waals surface area (Å²) >= 11 is 0. The number of nitrogens with two attached hydrogens (primary N) is 1. The summed E-state index contributed by atoms with van der Waals surface area (Å²) in [7, 11) is 1.50. The van der Waals surface area contributed by atoms with Crippen LogP contribution >= 0.6 is 12.4 Å². The SMILES string of the molecule is COc1c(N)ccc2cnn(OC(C)=O)c12.Cl. The van der Waals surface area contributed by atoms with Gasteiger partial charge in [0.2, 0.25) is 0 Å². The maximum atomic E-state index is 10.9. The molecule has 2 rings (SSSR count). The predicted molar refractivity (Wildman–Crippen MR) is 65.2 cm³/mol. The molecule has 7 heteroatoms. The van der Waals surface area contributed by atoms with Gasteiger partial charge in [0.05, 0.1) is 19.0 Å². The number of nitrogen functional groups attached to an aromatic ring is 1. The van der Waals surface area contributed by atoms with E-state index in [0.717, 1.165) is 10.2 Å². The van der Waals surface area contributed by atoms with Gasteiger partial charge >= 0.3 is 5.97 Å². The number of halogens is 1. The molecule has 0 aliphatic carbocycles. The van der Waals surface area contributed by atoms with Gasteiger partial charge in [-0.2, -0.15) is 0 Å². The number of carbonyl (C=O) groups is 1. The number of nitrogens with zero attached hydrogens (tertiary/aromatic N) is 2. The Morgan fingerprint density at radius 3 is 2.76 bits per heavy atom. The first-order chi connectivity index (χ1) is 7.63. The third-order valence-electron chi connectivity index (χ3n) is 2.11. The van der Waals surface area contributed by atoms with Gasteiger partial charge in [0, 0.05) is 12.3 Å². The van der Waals surface area contributed by atoms with Crippen LogP contribution in [-0.4, -0.2) is 23.0 Å². The second-order valence-corrected chi connectivity index (χ2v) is 3.23. The number of hydrogen-bond donors (Lipinski definition) is 1. The lowest BCUT2D eigenvalue weighted by molar-refractivity contribution is -0.142. The van der Waals surface area contributed by atoms with Gasteiger partial charge in [0.1, 0.15) is 0 Å². The van der Waals surface area contributed by atoms with E-state index in [1.165, 1.54) is 14.0 Å². The van der Waals surface area contributed by atoms with Crippen molar-refractivity contribution in [3.05, 3.63) is 18.3 Å². The highest BCUT2D eigenvalue weighted by Gasteiger charge is 2.13. The van der Waals surface area contributed by atoms with Crippen LogP contribution in [0.5, 0.6) is 5.75 Å². The molecule has 0 fully saturated rings. The van der Waals surface area contributed by atoms with Crippen LogP contribution in [0.25, 0.3) is 10.9 Å². The van der Waals surface area contributed by atoms with Crippen molar-refractivity contribution in [3.8, 4) is 5.75 Å². The number of rotatable bonds is 2. The molecule has 0 aliphatic rings. The van der Waals surface area contributed by atoms with E-state index < -0.39 is 5.97 Å². The standard InChI is InChI=1S/C10H11N3O3.ClH/c1-6(14)16-13-9-7(5-12-13)3-4-8(11)10(9)15-2;/h3-5H,11H2,1-2H3;1H. The molecule has 0 unspecified atom stereocenters. The monoisotopic (exact) mass is 257 g/mol. The molecule has 17 heavy (non-hydrogen) atoms. The zero-order chi connectivity index (χ0) is 11.7. The molecule has 0 atom stereocenters. The Morgan fingerprint density at radius 1 is 1.47 bits per heavy atom. The number of ether oxygens (including phenoxy) is 1. The first-order valence-electron chi connectivity index (χ1n) is 4.62. The minimum absolute atomic E-state index is 0. The largest absolute Gasteiger partial charge is 0.492 e. The topological polar surface area (TPSA) is 79.4 Å². The molecule has 0 saturated heterocycles. The van der Waals surface area contributed by atoms with Crippen LogP contribution < -0.4 is 15.3 Å². The Labute approximate surface area is 104 Å². The normalized spacial score (nSPS) is 9.76. The molecular formula is C10H12ClN3O3. The first-order valence-corrected chi connectivity index (χ1v) is 4.62. The predicted octanol–water partition coefficient (Wildman–Crippen LogP) is 1.02. The van der Waals surface area contributed by atoms with Crippen molar-refractivity contribution >= 4 is 35.0 Å². The van der Waals surface area contributed by atoms with E-state index in [4.69, 9.17) is 15.3 Å². The molecule has 2 aromatic rings. The molecule has 0 amide bonds. The molecular weight excluding hydrogens is 246 g/mol. The van der Waals surface area contributed by atoms with Gasteiger partial charge in [-0.05, 0) is 12.1 Å². The number of carbonyl (C=O) groups excluding carboxylic acids is 1. The van der Waals surface area contributed by atoms with Crippen LogP contribution in [0.1, 0.15) is 6.92 Å². The molecule has 0 spiro atoms. The average molecular weight is 258 g/mol. The summed E-state index contributed by atoms with van der Waals surface area (Å²) in [6.45, 7) is 1.30. The molecule has 1 aromatic heterocycles. The lowest BCUT2D eigenvalue weighted by Crippen LogP contribution is -2.17. The number of anilines is 1. The van der Waals surface area contributed by atoms with Crippen LogP contribution in [-0.2, 0) is 4.79 Å². The van der Waals surface area contributed by atoms with Crippen molar-refractivity contribution in [1.29, 1.82) is 0 Å². The number of fused-ring (bicyclic) bond motifs is 1. The third kappa shape index (κ3) is 2.26. The van der Waals surface area contributed by atoms with Gasteiger partial charge in [-0.1, -0.05) is 4.85 Å². The van der Waals surface area contributed by atoms with Gasteiger partial charge in [0.25, 0.3) is 0 Å². The second-order valence-electron chi connectivity index (χ2n) is 3.23. The zero-order valence-electron chi connectivity index (χ0n) is 9.34. The van der Waals surface area contributed by atoms with E-state index in [-0.39, 0.29) is 12.4 Å². The molecule has 1 aromatic carbocycles. The second kappa shape index (κ2) is 4.92. The summed E-state index contributed by atoms with van der Waals surface area (Å²) in [5.74, 6) is -0.0225. The Kier molecular flexibility index (Phi) is 3.80. The summed E-state index contributed by atoms with van der Waals surface area (Å²) in [6, 6.07) is 3.49. The molecule has 2 N–H and O–H groups in total. The molecule has 0 saturated carbocycles. The van der Waals surface area contributed by atoms with Crippen molar-refractivity contribution in [2.24, 2.45) is 0 Å². The van der Waals surface area contributed by atoms with Crippen molar-refractivity contribution in [2.45, 2.75) is 6.92 Å². The van der Waals surface area contributed by atoms with Crippen molar-refractivity contribution < 1.29 is 14.4 Å². The van der Waals surface area contributed by atoms with Crippen LogP contribution in [0.2, 0.25) is 0 Å². The maximum Gasteiger partial charge on any atom is 0.331 e. The molecule has 0 bridgehead atoms. The lowest BCUT2D eigenvalue weighted by atomic mass is 10.2. The highest BCUT2D eigenvalue weighted by molar-refractivity contribution is 5.90. The van der Waals surface area contributed by atoms with E-state index >= 15 is 0 Å². The van der Waals surface area contributed by atoms with Crippen molar-refractivity contribution in [2.75, 3.05) is 12.8 Å². The number of methoxy groups -OCH3 is 1. The van der Waals surface area contributed by atoms with E-state index in [2.05, 4.69) is 5.10 Å². The fourth-order valence-corrected chi connectivity index (χ4v) is 1.48. The van der Waals surface area contributed by atoms with E-state index in [1.807, 2.05) is 0 Å². The Bertz CT molecular complexity index is 553. The minimum Gasteiger partial charge on any atom is -0.492 e. The minimum atomic E-state index is -0.463. The van der Waals surface area contributed by atoms with Crippen molar-refractivity contribution in [3.63, 3.8) is 0 Å². The Balaban J connectivity index is 0.00000144. The smallest absolute Gasteiger partial charge is 0.331 e. The van der Waals surface area contributed by atoms with Gasteiger partial charge in [-0.15, -0.1) is 17.5 Å². The van der Waals surface area contributed by atoms with Gasteiger partial charge < -0.3 is 15.3 Å². The van der Waals surface area contributed by atoms with E-state index in [0.29, 0.717) is 17.0 Å². The number of aromatic nitrogens is 2. The summed E-state index contributed by atoms with van der Waals surface area (Å²) in [5.41, 5.74) is 6.75. The van der Waals surface area contributed by atoms with E-state index in [9.17, 15) is 4.79 Å². The molecule has 92 valence electrons. The fourth-order valence-electron chi connectivity index (χ4n) is 1.48. The highest BCUT2D eigenvalue weighted by atomic mass is 35.5. The Hall–Kier alpha value is -1.95. The number of benzene rings is 1. The summed E-state index contributed by atoms with van der Waals surface area (Å²) < 4.78 is 5.16. The molecule has 0 radical (unpaired) electrons. The third-order valence-corrected chi connectivity index (χ3v) is 2.11. The van der Waals surface area contributed by atoms with Crippen LogP contribution in [0.3, 0.4) is 0 Å². The first kappa shape index (κ1) is 13.1. The van der Waals surface area contributed by atoms with Gasteiger partial charge in [0.15, 0.2) is 11.3 Å². The van der Waals surface area contributed by atoms with Crippen LogP contribution in [0, 0.1) is 0 Å². The zero-order valence-corrected chi connectivity index (χ0v) is 10.2. The molecule has 1 heterocycles. The maximum absolute atomic E-state index is 10.9. The van der Waals surface area contributed by atoms with Crippen LogP contribution in [0.4, 0.5) is 5.69 Å². The van der Waals surface area contributed by atoms with Gasteiger partial charge in [-0.3, -0.25) is 0 Å². The van der Waals surface area contributed by atoms with Gasteiger partial charge in [-0.25, -0.2) is 4.79 Å². The number of hydrogen-bond acceptors (Lipinski definition) is 5. The molecule has 0 aliphatic heterocycles. The summed E-state index contributed by atoms with van der Waals surface area (Å²) in [6.07, 6.45) is 1.57.